The first kappa shape index (κ1) is 14.9. The van der Waals surface area contributed by atoms with E-state index in [1.807, 2.05) is 0 Å². The lowest BCUT2D eigenvalue weighted by Crippen LogP contribution is -2.23. The van der Waals surface area contributed by atoms with Crippen LogP contribution in [-0.4, -0.2) is 19.0 Å². The summed E-state index contributed by atoms with van der Waals surface area (Å²) in [7, 11) is 3.06. The van der Waals surface area contributed by atoms with E-state index in [0.29, 0.717) is 39.5 Å². The van der Waals surface area contributed by atoms with Crippen molar-refractivity contribution in [1.29, 1.82) is 0 Å². The Morgan fingerprint density at radius 2 is 1.74 bits per heavy atom. The normalized spacial score (nSPS) is 10.7. The fourth-order valence-electron chi connectivity index (χ4n) is 2.66. The van der Waals surface area contributed by atoms with E-state index in [2.05, 4.69) is 0 Å². The lowest BCUT2D eigenvalue weighted by molar-refractivity contribution is -0.452. The van der Waals surface area contributed by atoms with E-state index >= 15 is 0 Å². The van der Waals surface area contributed by atoms with Crippen LogP contribution in [0.4, 0.5) is 0 Å². The Kier molecular flexibility index (Phi) is 3.65. The number of rotatable bonds is 3. The Balaban J connectivity index is 2.35. The van der Waals surface area contributed by atoms with Crippen LogP contribution in [0.5, 0.6) is 11.5 Å². The van der Waals surface area contributed by atoms with Gasteiger partial charge in [0.05, 0.1) is 29.9 Å². The zero-order chi connectivity index (χ0) is 16.6. The molecule has 0 atom stereocenters. The van der Waals surface area contributed by atoms with Gasteiger partial charge in [0.25, 0.3) is 11.2 Å². The fraction of sp³-hybridized carbons (Fsp3) is 0.176. The number of aromatic nitrogens is 2. The minimum Gasteiger partial charge on any atom is -0.805 e. The van der Waals surface area contributed by atoms with Crippen molar-refractivity contribution >= 4 is 11.0 Å². The Labute approximate surface area is 132 Å². The van der Waals surface area contributed by atoms with Gasteiger partial charge in [0.15, 0.2) is 11.5 Å². The molecule has 0 fully saturated rings. The maximum absolute atomic E-state index is 12.7. The molecule has 23 heavy (non-hydrogen) atoms. The molecule has 1 aromatic heterocycles. The first-order valence-corrected chi connectivity index (χ1v) is 7.05. The third-order valence-electron chi connectivity index (χ3n) is 3.83. The monoisotopic (exact) mass is 312 g/mol. The second-order valence-electron chi connectivity index (χ2n) is 5.08. The summed E-state index contributed by atoms with van der Waals surface area (Å²) in [6, 6.07) is 11.8. The number of methoxy groups -OCH3 is 2. The molecule has 3 rings (SSSR count). The fourth-order valence-corrected chi connectivity index (χ4v) is 2.66. The molecule has 118 valence electrons. The summed E-state index contributed by atoms with van der Waals surface area (Å²) >= 11 is 0. The molecule has 0 spiro atoms. The highest BCUT2D eigenvalue weighted by molar-refractivity contribution is 5.75. The maximum Gasteiger partial charge on any atom is 0.289 e. The molecule has 3 aromatic rings. The number of para-hydroxylation sites is 2. The summed E-state index contributed by atoms with van der Waals surface area (Å²) in [5, 5.41) is 12.5. The van der Waals surface area contributed by atoms with Crippen LogP contribution in [0.25, 0.3) is 22.3 Å². The van der Waals surface area contributed by atoms with Crippen LogP contribution in [-0.2, 0) is 0 Å². The number of hydrogen-bond donors (Lipinski definition) is 0. The molecule has 0 amide bonds. The summed E-state index contributed by atoms with van der Waals surface area (Å²) in [5.41, 5.74) is 1.86. The smallest absolute Gasteiger partial charge is 0.289 e. The highest BCUT2D eigenvalue weighted by atomic mass is 16.5. The van der Waals surface area contributed by atoms with E-state index in [9.17, 15) is 10.1 Å². The van der Waals surface area contributed by atoms with Crippen molar-refractivity contribution in [1.82, 2.24) is 4.73 Å². The lowest BCUT2D eigenvalue weighted by Gasteiger charge is -2.16. The molecule has 0 N–H and O–H groups in total. The highest BCUT2D eigenvalue weighted by Gasteiger charge is 2.22. The van der Waals surface area contributed by atoms with E-state index in [4.69, 9.17) is 9.47 Å². The first-order valence-electron chi connectivity index (χ1n) is 7.05. The predicted molar refractivity (Wildman–Crippen MR) is 87.3 cm³/mol. The van der Waals surface area contributed by atoms with E-state index in [1.165, 1.54) is 14.2 Å². The van der Waals surface area contributed by atoms with Crippen LogP contribution < -0.4 is 13.9 Å². The zero-order valence-corrected chi connectivity index (χ0v) is 13.1. The third kappa shape index (κ3) is 2.28. The van der Waals surface area contributed by atoms with Gasteiger partial charge in [-0.05, 0) is 31.2 Å². The van der Waals surface area contributed by atoms with Crippen molar-refractivity contribution in [3.8, 4) is 22.8 Å². The van der Waals surface area contributed by atoms with Gasteiger partial charge in [0.1, 0.15) is 5.52 Å². The van der Waals surface area contributed by atoms with Crippen molar-refractivity contribution < 1.29 is 13.9 Å². The molecule has 0 aliphatic carbocycles. The number of hydrogen-bond acceptors (Lipinski definition) is 4. The van der Waals surface area contributed by atoms with Crippen LogP contribution in [0.2, 0.25) is 0 Å². The minimum absolute atomic E-state index is 0.291. The topological polar surface area (TPSA) is 69.4 Å². The Bertz CT molecular complexity index is 947. The van der Waals surface area contributed by atoms with Crippen molar-refractivity contribution in [2.24, 2.45) is 0 Å². The average molecular weight is 312 g/mol. The molecule has 6 heteroatoms. The van der Waals surface area contributed by atoms with E-state index in [1.54, 1.807) is 49.4 Å². The zero-order valence-electron chi connectivity index (χ0n) is 13.1. The van der Waals surface area contributed by atoms with Gasteiger partial charge in [-0.15, -0.1) is 0 Å². The van der Waals surface area contributed by atoms with Gasteiger partial charge in [-0.3, -0.25) is 0 Å². The average Bonchev–Trinajstić information content (AvgIpc) is 2.59. The standard InChI is InChI=1S/C17H16N2O4/c1-11-17(12-8-9-15(22-2)16(10-12)23-3)19(21)14-7-5-4-6-13(14)18(11)20/h4-10H,1-3H3. The summed E-state index contributed by atoms with van der Waals surface area (Å²) in [6.07, 6.45) is 0. The van der Waals surface area contributed by atoms with Crippen molar-refractivity contribution in [2.45, 2.75) is 6.92 Å². The Morgan fingerprint density at radius 3 is 2.43 bits per heavy atom. The molecule has 0 unspecified atom stereocenters. The Morgan fingerprint density at radius 1 is 1.04 bits per heavy atom. The van der Waals surface area contributed by atoms with Crippen LogP contribution in [0.1, 0.15) is 5.69 Å². The summed E-state index contributed by atoms with van der Waals surface area (Å²) in [5.74, 6) is 1.05. The summed E-state index contributed by atoms with van der Waals surface area (Å²) < 4.78 is 12.0. The van der Waals surface area contributed by atoms with Crippen LogP contribution in [0.15, 0.2) is 42.5 Å². The largest absolute Gasteiger partial charge is 0.805 e. The number of ether oxygens (including phenoxy) is 2. The lowest BCUT2D eigenvalue weighted by atomic mass is 10.1. The van der Waals surface area contributed by atoms with Gasteiger partial charge in [0.2, 0.25) is 0 Å². The quantitative estimate of drug-likeness (QED) is 0.697. The van der Waals surface area contributed by atoms with Gasteiger partial charge in [-0.25, -0.2) is 0 Å². The molecule has 0 bridgehead atoms. The number of nitrogens with zero attached hydrogens (tertiary/aromatic N) is 2. The van der Waals surface area contributed by atoms with Gasteiger partial charge in [0, 0.05) is 11.0 Å². The number of benzene rings is 2. The molecule has 1 heterocycles. The second-order valence-corrected chi connectivity index (χ2v) is 5.08. The molecular formula is C17H16N2O4. The third-order valence-corrected chi connectivity index (χ3v) is 3.83. The summed E-state index contributed by atoms with van der Waals surface area (Å²) in [6.45, 7) is 1.62. The Hall–Kier alpha value is -3.02. The van der Waals surface area contributed by atoms with Gasteiger partial charge in [-0.1, -0.05) is 12.1 Å². The van der Waals surface area contributed by atoms with E-state index in [-0.39, 0.29) is 0 Å². The van der Waals surface area contributed by atoms with Crippen LogP contribution in [0.3, 0.4) is 0 Å². The highest BCUT2D eigenvalue weighted by Crippen LogP contribution is 2.32. The molecule has 2 aromatic carbocycles. The molecule has 0 saturated carbocycles. The molecule has 0 aliphatic rings. The molecule has 0 aliphatic heterocycles. The van der Waals surface area contributed by atoms with Crippen molar-refractivity contribution in [3.05, 3.63) is 58.3 Å². The predicted octanol–water partition coefficient (Wildman–Crippen LogP) is 2.89. The van der Waals surface area contributed by atoms with Gasteiger partial charge < -0.3 is 19.4 Å². The van der Waals surface area contributed by atoms with E-state index in [0.717, 1.165) is 9.16 Å². The van der Waals surface area contributed by atoms with Gasteiger partial charge >= 0.3 is 0 Å². The van der Waals surface area contributed by atoms with Crippen LogP contribution >= 0.6 is 0 Å². The number of fused-ring (bicyclic) bond motifs is 1. The second kappa shape index (κ2) is 5.64. The maximum atomic E-state index is 12.7. The summed E-state index contributed by atoms with van der Waals surface area (Å²) in [4.78, 5) is 12.7. The van der Waals surface area contributed by atoms with Crippen molar-refractivity contribution in [2.75, 3.05) is 14.2 Å². The molecule has 0 saturated heterocycles. The molecular weight excluding hydrogens is 296 g/mol. The van der Waals surface area contributed by atoms with E-state index < -0.39 is 0 Å². The van der Waals surface area contributed by atoms with Crippen molar-refractivity contribution in [3.63, 3.8) is 0 Å². The first-order chi connectivity index (χ1) is 11.1. The molecule has 0 radical (unpaired) electrons. The minimum atomic E-state index is 0.291. The SMILES string of the molecule is COc1ccc(-c2c(C)n([O-])c3ccccc3[n+]2=O)cc1OC. The van der Waals surface area contributed by atoms with Crippen LogP contribution in [0, 0.1) is 17.0 Å². The van der Waals surface area contributed by atoms with Gasteiger partial charge in [-0.2, -0.15) is 0 Å². The molecule has 6 nitrogen and oxygen atoms in total.